The number of likely N-dealkylation sites (tertiary alicyclic amines) is 1. The van der Waals surface area contributed by atoms with Crippen molar-refractivity contribution in [1.82, 2.24) is 10.2 Å². The van der Waals surface area contributed by atoms with E-state index in [1.165, 1.54) is 31.7 Å². The van der Waals surface area contributed by atoms with Gasteiger partial charge in [0.2, 0.25) is 0 Å². The SMILES string of the molecule is CC(C)Oc1ccc(C(C)N2CC3CNCC3C2)cc1. The summed E-state index contributed by atoms with van der Waals surface area (Å²) in [4.78, 5) is 2.63. The maximum Gasteiger partial charge on any atom is 0.119 e. The van der Waals surface area contributed by atoms with Gasteiger partial charge in [-0.3, -0.25) is 4.90 Å². The zero-order chi connectivity index (χ0) is 14.1. The molecule has 3 rings (SSSR count). The van der Waals surface area contributed by atoms with E-state index in [2.05, 4.69) is 55.3 Å². The Morgan fingerprint density at radius 2 is 1.65 bits per heavy atom. The molecule has 2 aliphatic heterocycles. The third kappa shape index (κ3) is 2.84. The smallest absolute Gasteiger partial charge is 0.119 e. The van der Waals surface area contributed by atoms with Crippen LogP contribution in [0.3, 0.4) is 0 Å². The molecule has 0 spiro atoms. The van der Waals surface area contributed by atoms with Gasteiger partial charge in [-0.25, -0.2) is 0 Å². The molecule has 110 valence electrons. The quantitative estimate of drug-likeness (QED) is 0.913. The van der Waals surface area contributed by atoms with Crippen LogP contribution >= 0.6 is 0 Å². The number of nitrogens with one attached hydrogen (secondary N) is 1. The highest BCUT2D eigenvalue weighted by Gasteiger charge is 2.37. The third-order valence-electron chi connectivity index (χ3n) is 4.70. The van der Waals surface area contributed by atoms with Gasteiger partial charge < -0.3 is 10.1 Å². The maximum atomic E-state index is 5.71. The van der Waals surface area contributed by atoms with Gasteiger partial charge in [-0.2, -0.15) is 0 Å². The van der Waals surface area contributed by atoms with Crippen LogP contribution < -0.4 is 10.1 Å². The Kier molecular flexibility index (Phi) is 3.99. The molecule has 0 bridgehead atoms. The van der Waals surface area contributed by atoms with Crippen LogP contribution in [0.4, 0.5) is 0 Å². The summed E-state index contributed by atoms with van der Waals surface area (Å²) in [6, 6.07) is 9.14. The van der Waals surface area contributed by atoms with E-state index in [1.807, 2.05) is 0 Å². The number of fused-ring (bicyclic) bond motifs is 1. The number of ether oxygens (including phenoxy) is 1. The first-order valence-corrected chi connectivity index (χ1v) is 7.85. The molecule has 0 aliphatic carbocycles. The standard InChI is InChI=1S/C17H26N2O/c1-12(2)20-17-6-4-14(5-7-17)13(3)19-10-15-8-18-9-16(15)11-19/h4-7,12-13,15-16,18H,8-11H2,1-3H3. The Morgan fingerprint density at radius 1 is 1.05 bits per heavy atom. The largest absolute Gasteiger partial charge is 0.491 e. The second-order valence-corrected chi connectivity index (χ2v) is 6.54. The molecule has 3 atom stereocenters. The Labute approximate surface area is 122 Å². The van der Waals surface area contributed by atoms with Crippen LogP contribution in [-0.2, 0) is 0 Å². The highest BCUT2D eigenvalue weighted by molar-refractivity contribution is 5.29. The van der Waals surface area contributed by atoms with Crippen LogP contribution in [0.2, 0.25) is 0 Å². The zero-order valence-corrected chi connectivity index (χ0v) is 12.8. The van der Waals surface area contributed by atoms with Gasteiger partial charge in [0.05, 0.1) is 6.10 Å². The predicted molar refractivity (Wildman–Crippen MR) is 82.0 cm³/mol. The van der Waals surface area contributed by atoms with E-state index in [1.54, 1.807) is 0 Å². The average Bonchev–Trinajstić information content (AvgIpc) is 2.98. The molecular weight excluding hydrogens is 248 g/mol. The molecule has 2 fully saturated rings. The zero-order valence-electron chi connectivity index (χ0n) is 12.8. The fourth-order valence-electron chi connectivity index (χ4n) is 3.52. The van der Waals surface area contributed by atoms with Crippen molar-refractivity contribution in [1.29, 1.82) is 0 Å². The second-order valence-electron chi connectivity index (χ2n) is 6.54. The maximum absolute atomic E-state index is 5.71. The number of hydrogen-bond acceptors (Lipinski definition) is 3. The van der Waals surface area contributed by atoms with Gasteiger partial charge in [0.15, 0.2) is 0 Å². The first-order chi connectivity index (χ1) is 9.63. The van der Waals surface area contributed by atoms with Gasteiger partial charge in [0.25, 0.3) is 0 Å². The van der Waals surface area contributed by atoms with Crippen molar-refractivity contribution >= 4 is 0 Å². The van der Waals surface area contributed by atoms with Crippen molar-refractivity contribution < 1.29 is 4.74 Å². The molecule has 3 heteroatoms. The Morgan fingerprint density at radius 3 is 2.20 bits per heavy atom. The summed E-state index contributed by atoms with van der Waals surface area (Å²) < 4.78 is 5.71. The van der Waals surface area contributed by atoms with Crippen LogP contribution in [0.15, 0.2) is 24.3 Å². The van der Waals surface area contributed by atoms with E-state index >= 15 is 0 Å². The minimum absolute atomic E-state index is 0.240. The molecule has 20 heavy (non-hydrogen) atoms. The summed E-state index contributed by atoms with van der Waals surface area (Å²) in [5.41, 5.74) is 1.40. The second kappa shape index (κ2) is 5.74. The van der Waals surface area contributed by atoms with Gasteiger partial charge in [0, 0.05) is 19.1 Å². The average molecular weight is 274 g/mol. The van der Waals surface area contributed by atoms with Crippen LogP contribution in [0.1, 0.15) is 32.4 Å². The molecule has 2 saturated heterocycles. The Balaban J connectivity index is 1.63. The van der Waals surface area contributed by atoms with Gasteiger partial charge in [0.1, 0.15) is 5.75 Å². The molecular formula is C17H26N2O. The highest BCUT2D eigenvalue weighted by atomic mass is 16.5. The minimum atomic E-state index is 0.240. The highest BCUT2D eigenvalue weighted by Crippen LogP contribution is 2.33. The number of nitrogens with zero attached hydrogens (tertiary/aromatic N) is 1. The van der Waals surface area contributed by atoms with Crippen molar-refractivity contribution in [3.63, 3.8) is 0 Å². The number of benzene rings is 1. The van der Waals surface area contributed by atoms with E-state index in [0.29, 0.717) is 6.04 Å². The molecule has 0 aromatic heterocycles. The van der Waals surface area contributed by atoms with Gasteiger partial charge in [-0.05, 0) is 63.4 Å². The normalized spacial score (nSPS) is 27.8. The lowest BCUT2D eigenvalue weighted by molar-refractivity contribution is 0.238. The van der Waals surface area contributed by atoms with Gasteiger partial charge in [-0.1, -0.05) is 12.1 Å². The summed E-state index contributed by atoms with van der Waals surface area (Å²) in [6.45, 7) is 11.3. The third-order valence-corrected chi connectivity index (χ3v) is 4.70. The summed E-state index contributed by atoms with van der Waals surface area (Å²) in [7, 11) is 0. The van der Waals surface area contributed by atoms with Crippen molar-refractivity contribution in [2.75, 3.05) is 26.2 Å². The van der Waals surface area contributed by atoms with E-state index in [4.69, 9.17) is 4.74 Å². The van der Waals surface area contributed by atoms with Crippen LogP contribution in [0.5, 0.6) is 5.75 Å². The first kappa shape index (κ1) is 13.9. The van der Waals surface area contributed by atoms with E-state index in [-0.39, 0.29) is 6.10 Å². The molecule has 3 unspecified atom stereocenters. The lowest BCUT2D eigenvalue weighted by Gasteiger charge is -2.25. The molecule has 1 aromatic rings. The first-order valence-electron chi connectivity index (χ1n) is 7.85. The number of hydrogen-bond donors (Lipinski definition) is 1. The van der Waals surface area contributed by atoms with E-state index < -0.39 is 0 Å². The van der Waals surface area contributed by atoms with E-state index in [0.717, 1.165) is 17.6 Å². The predicted octanol–water partition coefficient (Wildman–Crippen LogP) is 2.69. The lowest BCUT2D eigenvalue weighted by Crippen LogP contribution is -2.28. The Hall–Kier alpha value is -1.06. The lowest BCUT2D eigenvalue weighted by atomic mass is 10.0. The van der Waals surface area contributed by atoms with Crippen molar-refractivity contribution in [2.24, 2.45) is 11.8 Å². The molecule has 1 aromatic carbocycles. The summed E-state index contributed by atoms with van der Waals surface area (Å²) in [5, 5.41) is 3.51. The molecule has 2 aliphatic rings. The summed E-state index contributed by atoms with van der Waals surface area (Å²) in [6.07, 6.45) is 0.240. The van der Waals surface area contributed by atoms with Crippen LogP contribution in [0, 0.1) is 11.8 Å². The van der Waals surface area contributed by atoms with Crippen molar-refractivity contribution in [2.45, 2.75) is 32.9 Å². The topological polar surface area (TPSA) is 24.5 Å². The summed E-state index contributed by atoms with van der Waals surface area (Å²) in [5.74, 6) is 2.69. The summed E-state index contributed by atoms with van der Waals surface area (Å²) >= 11 is 0. The van der Waals surface area contributed by atoms with Gasteiger partial charge >= 0.3 is 0 Å². The van der Waals surface area contributed by atoms with Crippen molar-refractivity contribution in [3.8, 4) is 5.75 Å². The molecule has 0 saturated carbocycles. The molecule has 0 amide bonds. The number of rotatable bonds is 4. The van der Waals surface area contributed by atoms with Crippen LogP contribution in [-0.4, -0.2) is 37.2 Å². The molecule has 0 radical (unpaired) electrons. The molecule has 3 nitrogen and oxygen atoms in total. The van der Waals surface area contributed by atoms with Crippen molar-refractivity contribution in [3.05, 3.63) is 29.8 Å². The molecule has 2 heterocycles. The molecule has 1 N–H and O–H groups in total. The fourth-order valence-corrected chi connectivity index (χ4v) is 3.52. The fraction of sp³-hybridized carbons (Fsp3) is 0.647. The van der Waals surface area contributed by atoms with Gasteiger partial charge in [-0.15, -0.1) is 0 Å². The Bertz CT molecular complexity index is 431. The van der Waals surface area contributed by atoms with E-state index in [9.17, 15) is 0 Å². The minimum Gasteiger partial charge on any atom is -0.491 e. The van der Waals surface area contributed by atoms with Crippen LogP contribution in [0.25, 0.3) is 0 Å². The monoisotopic (exact) mass is 274 g/mol.